The summed E-state index contributed by atoms with van der Waals surface area (Å²) in [5.41, 5.74) is 2.16. The van der Waals surface area contributed by atoms with Crippen LogP contribution in [0.2, 0.25) is 0 Å². The predicted molar refractivity (Wildman–Crippen MR) is 93.6 cm³/mol. The number of nitrogens with one attached hydrogen (secondary N) is 1. The van der Waals surface area contributed by atoms with Crippen LogP contribution in [0.5, 0.6) is 0 Å². The largest absolute Gasteiger partial charge is 0.376 e. The van der Waals surface area contributed by atoms with Gasteiger partial charge in [0.1, 0.15) is 5.76 Å². The molecule has 2 aliphatic rings. The van der Waals surface area contributed by atoms with Crippen molar-refractivity contribution in [2.45, 2.75) is 44.8 Å². The molecule has 0 saturated carbocycles. The number of piperidine rings is 1. The van der Waals surface area contributed by atoms with E-state index in [1.54, 1.807) is 12.3 Å². The number of carbonyl (C=O) groups is 1. The van der Waals surface area contributed by atoms with Crippen molar-refractivity contribution in [1.29, 1.82) is 0 Å². The number of ether oxygens (including phenoxy) is 1. The van der Waals surface area contributed by atoms with Gasteiger partial charge in [0, 0.05) is 56.2 Å². The van der Waals surface area contributed by atoms with E-state index >= 15 is 0 Å². The predicted octanol–water partition coefficient (Wildman–Crippen LogP) is 1.26. The summed E-state index contributed by atoms with van der Waals surface area (Å²) >= 11 is 0. The number of fused-ring (bicyclic) bond motifs is 1. The molecule has 2 aromatic rings. The maximum Gasteiger partial charge on any atom is 0.225 e. The smallest absolute Gasteiger partial charge is 0.225 e. The lowest BCUT2D eigenvalue weighted by atomic mass is 10.1. The molecule has 2 aliphatic heterocycles. The molecule has 1 N–H and O–H groups in total. The molecular formula is C18H23N5O3. The highest BCUT2D eigenvalue weighted by Gasteiger charge is 2.24. The van der Waals surface area contributed by atoms with Crippen molar-refractivity contribution in [1.82, 2.24) is 20.4 Å². The second-order valence-corrected chi connectivity index (χ2v) is 6.78. The fraction of sp³-hybridized carbons (Fsp3) is 0.556. The first-order valence-corrected chi connectivity index (χ1v) is 9.14. The van der Waals surface area contributed by atoms with Crippen molar-refractivity contribution in [3.8, 4) is 0 Å². The summed E-state index contributed by atoms with van der Waals surface area (Å²) in [6, 6.07) is 1.91. The Hall–Kier alpha value is -2.48. The summed E-state index contributed by atoms with van der Waals surface area (Å²) in [7, 11) is 0. The maximum atomic E-state index is 12.2. The monoisotopic (exact) mass is 357 g/mol. The molecule has 0 aliphatic carbocycles. The molecule has 26 heavy (non-hydrogen) atoms. The number of anilines is 1. The highest BCUT2D eigenvalue weighted by molar-refractivity contribution is 5.76. The van der Waals surface area contributed by atoms with Crippen molar-refractivity contribution < 1.29 is 14.1 Å². The van der Waals surface area contributed by atoms with Gasteiger partial charge < -0.3 is 19.5 Å². The van der Waals surface area contributed by atoms with Gasteiger partial charge in [-0.1, -0.05) is 5.16 Å². The number of nitrogens with zero attached hydrogens (tertiary/aromatic N) is 4. The summed E-state index contributed by atoms with van der Waals surface area (Å²) in [6.07, 6.45) is 7.26. The first-order chi connectivity index (χ1) is 12.8. The molecule has 0 bridgehead atoms. The summed E-state index contributed by atoms with van der Waals surface area (Å²) in [4.78, 5) is 23.6. The molecule has 0 radical (unpaired) electrons. The van der Waals surface area contributed by atoms with Crippen molar-refractivity contribution in [3.05, 3.63) is 35.5 Å². The summed E-state index contributed by atoms with van der Waals surface area (Å²) < 4.78 is 10.5. The number of amides is 1. The number of aromatic nitrogens is 3. The Morgan fingerprint density at radius 1 is 1.42 bits per heavy atom. The number of hydrogen-bond acceptors (Lipinski definition) is 7. The van der Waals surface area contributed by atoms with E-state index < -0.39 is 0 Å². The van der Waals surface area contributed by atoms with Gasteiger partial charge in [-0.2, -0.15) is 0 Å². The number of aryl methyl sites for hydroxylation is 1. The van der Waals surface area contributed by atoms with E-state index in [4.69, 9.17) is 14.2 Å². The fourth-order valence-corrected chi connectivity index (χ4v) is 3.46. The third-order valence-electron chi connectivity index (χ3n) is 4.84. The van der Waals surface area contributed by atoms with Gasteiger partial charge in [-0.3, -0.25) is 4.79 Å². The highest BCUT2D eigenvalue weighted by atomic mass is 16.5. The first-order valence-electron chi connectivity index (χ1n) is 9.14. The van der Waals surface area contributed by atoms with Crippen LogP contribution in [0.4, 0.5) is 5.95 Å². The molecule has 2 aromatic heterocycles. The van der Waals surface area contributed by atoms with Gasteiger partial charge in [0.25, 0.3) is 0 Å². The van der Waals surface area contributed by atoms with Gasteiger partial charge in [0.15, 0.2) is 0 Å². The second-order valence-electron chi connectivity index (χ2n) is 6.78. The highest BCUT2D eigenvalue weighted by Crippen LogP contribution is 2.20. The van der Waals surface area contributed by atoms with Crippen molar-refractivity contribution >= 4 is 11.9 Å². The minimum Gasteiger partial charge on any atom is -0.376 e. The average molecular weight is 357 g/mol. The van der Waals surface area contributed by atoms with Crippen molar-refractivity contribution in [2.75, 3.05) is 24.6 Å². The Kier molecular flexibility index (Phi) is 5.10. The molecule has 0 aromatic carbocycles. The van der Waals surface area contributed by atoms with Crippen LogP contribution in [0.25, 0.3) is 0 Å². The quantitative estimate of drug-likeness (QED) is 0.861. The molecule has 4 heterocycles. The molecule has 8 nitrogen and oxygen atoms in total. The van der Waals surface area contributed by atoms with E-state index in [1.807, 2.05) is 6.20 Å². The number of rotatable bonds is 5. The van der Waals surface area contributed by atoms with Gasteiger partial charge >= 0.3 is 0 Å². The molecule has 0 spiro atoms. The van der Waals surface area contributed by atoms with Crippen LogP contribution in [-0.4, -0.2) is 46.8 Å². The molecule has 0 unspecified atom stereocenters. The van der Waals surface area contributed by atoms with Gasteiger partial charge in [-0.15, -0.1) is 0 Å². The van der Waals surface area contributed by atoms with E-state index in [9.17, 15) is 4.79 Å². The van der Waals surface area contributed by atoms with E-state index in [-0.39, 0.29) is 11.9 Å². The maximum absolute atomic E-state index is 12.2. The van der Waals surface area contributed by atoms with Gasteiger partial charge in [0.05, 0.1) is 25.1 Å². The lowest BCUT2D eigenvalue weighted by Gasteiger charge is -2.33. The molecule has 1 amide bonds. The van der Waals surface area contributed by atoms with Crippen LogP contribution in [0.15, 0.2) is 23.0 Å². The zero-order chi connectivity index (χ0) is 17.8. The number of carbonyl (C=O) groups excluding carboxylic acids is 1. The lowest BCUT2D eigenvalue weighted by Crippen LogP contribution is -2.48. The fourth-order valence-electron chi connectivity index (χ4n) is 3.46. The Morgan fingerprint density at radius 3 is 3.27 bits per heavy atom. The zero-order valence-electron chi connectivity index (χ0n) is 14.7. The normalized spacial score (nSPS) is 19.8. The standard InChI is InChI=1S/C18H23N5O3/c24-17(4-3-15-5-7-20-26-15)21-14-2-1-8-23(11-14)18-19-10-13-12-25-9-6-16(13)22-18/h5,7,10,14H,1-4,6,8-9,11-12H2,(H,21,24)/t14-/m0/s1. The average Bonchev–Trinajstić information content (AvgIpc) is 3.20. The van der Waals surface area contributed by atoms with E-state index in [1.165, 1.54) is 0 Å². The third kappa shape index (κ3) is 4.01. The second kappa shape index (κ2) is 7.82. The first kappa shape index (κ1) is 17.0. The molecule has 4 rings (SSSR count). The van der Waals surface area contributed by atoms with Crippen LogP contribution >= 0.6 is 0 Å². The molecule has 1 fully saturated rings. The van der Waals surface area contributed by atoms with Crippen molar-refractivity contribution in [2.24, 2.45) is 0 Å². The Bertz CT molecular complexity index is 749. The van der Waals surface area contributed by atoms with E-state index in [2.05, 4.69) is 20.4 Å². The summed E-state index contributed by atoms with van der Waals surface area (Å²) in [5, 5.41) is 6.78. The molecule has 8 heteroatoms. The number of hydrogen-bond donors (Lipinski definition) is 1. The SMILES string of the molecule is O=C(CCc1ccno1)N[C@H]1CCCN(c2ncc3c(n2)CCOC3)C1. The third-order valence-corrected chi connectivity index (χ3v) is 4.84. The van der Waals surface area contributed by atoms with Crippen LogP contribution < -0.4 is 10.2 Å². The van der Waals surface area contributed by atoms with E-state index in [0.29, 0.717) is 26.1 Å². The summed E-state index contributed by atoms with van der Waals surface area (Å²) in [5.74, 6) is 1.53. The zero-order valence-corrected chi connectivity index (χ0v) is 14.7. The Morgan fingerprint density at radius 2 is 2.38 bits per heavy atom. The molecule has 138 valence electrons. The van der Waals surface area contributed by atoms with E-state index in [0.717, 1.165) is 55.3 Å². The van der Waals surface area contributed by atoms with Crippen LogP contribution in [0.3, 0.4) is 0 Å². The Balaban J connectivity index is 1.33. The molecular weight excluding hydrogens is 334 g/mol. The van der Waals surface area contributed by atoms with Crippen LogP contribution in [0.1, 0.15) is 36.3 Å². The van der Waals surface area contributed by atoms with Crippen LogP contribution in [-0.2, 0) is 29.0 Å². The van der Waals surface area contributed by atoms with Gasteiger partial charge in [-0.05, 0) is 12.8 Å². The Labute approximate surface area is 151 Å². The summed E-state index contributed by atoms with van der Waals surface area (Å²) in [6.45, 7) is 2.97. The lowest BCUT2D eigenvalue weighted by molar-refractivity contribution is -0.121. The van der Waals surface area contributed by atoms with Gasteiger partial charge in [-0.25, -0.2) is 9.97 Å². The van der Waals surface area contributed by atoms with Crippen molar-refractivity contribution in [3.63, 3.8) is 0 Å². The topological polar surface area (TPSA) is 93.4 Å². The minimum atomic E-state index is 0.0387. The van der Waals surface area contributed by atoms with Crippen LogP contribution in [0, 0.1) is 0 Å². The molecule has 1 saturated heterocycles. The molecule has 1 atom stereocenters. The minimum absolute atomic E-state index is 0.0387. The van der Waals surface area contributed by atoms with Gasteiger partial charge in [0.2, 0.25) is 11.9 Å².